The summed E-state index contributed by atoms with van der Waals surface area (Å²) in [6.45, 7) is 8.05. The van der Waals surface area contributed by atoms with E-state index in [1.54, 1.807) is 0 Å². The lowest BCUT2D eigenvalue weighted by atomic mass is 10.00. The number of nitrogens with one attached hydrogen (secondary N) is 3. The van der Waals surface area contributed by atoms with Crippen molar-refractivity contribution in [1.82, 2.24) is 15.0 Å². The van der Waals surface area contributed by atoms with Crippen molar-refractivity contribution in [2.75, 3.05) is 14.2 Å². The van der Waals surface area contributed by atoms with Crippen LogP contribution in [0.1, 0.15) is 101 Å². The lowest BCUT2D eigenvalue weighted by Gasteiger charge is -2.06. The van der Waals surface area contributed by atoms with Crippen LogP contribution in [0.25, 0.3) is 0 Å². The first-order valence-corrected chi connectivity index (χ1v) is 17.6. The fourth-order valence-electron chi connectivity index (χ4n) is 6.56. The van der Waals surface area contributed by atoms with Crippen LogP contribution in [0.5, 0.6) is 0 Å². The minimum Gasteiger partial charge on any atom is -0.469 e. The molecule has 5 rings (SSSR count). The molecule has 3 heterocycles. The maximum absolute atomic E-state index is 13.3. The van der Waals surface area contributed by atoms with Crippen LogP contribution < -0.4 is 0 Å². The highest BCUT2D eigenvalue weighted by Crippen LogP contribution is 2.29. The van der Waals surface area contributed by atoms with Gasteiger partial charge in [0.05, 0.1) is 14.2 Å². The molecule has 0 aliphatic rings. The SMILES string of the molecule is COC(=O)CCc1c(Cc2[nH]c(Cc3[nH]c(C(=O)OCc4ccccc4)c(C)c3CCC(=O)OC)c(C)c2C)[nH]c(C(=O)OCc2ccccc2)c1C. The van der Waals surface area contributed by atoms with Gasteiger partial charge in [0, 0.05) is 48.5 Å². The predicted molar refractivity (Wildman–Crippen MR) is 199 cm³/mol. The van der Waals surface area contributed by atoms with Crippen molar-refractivity contribution in [2.24, 2.45) is 0 Å². The van der Waals surface area contributed by atoms with Gasteiger partial charge in [0.15, 0.2) is 0 Å². The van der Waals surface area contributed by atoms with Gasteiger partial charge in [-0.05, 0) is 85.0 Å². The normalized spacial score (nSPS) is 11.0. The second-order valence-electron chi connectivity index (χ2n) is 13.1. The van der Waals surface area contributed by atoms with Crippen molar-refractivity contribution < 1.29 is 38.1 Å². The Morgan fingerprint density at radius 2 is 0.887 bits per heavy atom. The quantitative estimate of drug-likeness (QED) is 0.0727. The number of carbonyl (C=O) groups excluding carboxylic acids is 4. The van der Waals surface area contributed by atoms with Gasteiger partial charge in [0.25, 0.3) is 0 Å². The van der Waals surface area contributed by atoms with E-state index in [4.69, 9.17) is 18.9 Å². The van der Waals surface area contributed by atoms with Crippen LogP contribution in [0.15, 0.2) is 60.7 Å². The summed E-state index contributed by atoms with van der Waals surface area (Å²) in [4.78, 5) is 61.2. The number of benzene rings is 2. The molecular weight excluding hydrogens is 674 g/mol. The third kappa shape index (κ3) is 9.34. The summed E-state index contributed by atoms with van der Waals surface area (Å²) in [7, 11) is 2.71. The van der Waals surface area contributed by atoms with Crippen molar-refractivity contribution >= 4 is 23.9 Å². The third-order valence-corrected chi connectivity index (χ3v) is 9.86. The van der Waals surface area contributed by atoms with Gasteiger partial charge in [0.1, 0.15) is 24.6 Å². The zero-order valence-corrected chi connectivity index (χ0v) is 31.2. The van der Waals surface area contributed by atoms with Gasteiger partial charge in [-0.2, -0.15) is 0 Å². The number of methoxy groups -OCH3 is 2. The lowest BCUT2D eigenvalue weighted by molar-refractivity contribution is -0.141. The Bertz CT molecular complexity index is 1930. The summed E-state index contributed by atoms with van der Waals surface area (Å²) in [5.41, 5.74) is 11.2. The van der Waals surface area contributed by atoms with Crippen molar-refractivity contribution in [3.05, 3.63) is 139 Å². The predicted octanol–water partition coefficient (Wildman–Crippen LogP) is 7.01. The summed E-state index contributed by atoms with van der Waals surface area (Å²) in [5.74, 6) is -1.63. The topological polar surface area (TPSA) is 153 Å². The highest BCUT2D eigenvalue weighted by molar-refractivity contribution is 5.90. The number of aromatic nitrogens is 3. The molecular formula is C42H47N3O8. The Kier molecular flexibility index (Phi) is 12.7. The Morgan fingerprint density at radius 3 is 1.25 bits per heavy atom. The van der Waals surface area contributed by atoms with E-state index in [1.165, 1.54) is 14.2 Å². The summed E-state index contributed by atoms with van der Waals surface area (Å²) < 4.78 is 21.1. The minimum absolute atomic E-state index is 0.134. The van der Waals surface area contributed by atoms with Gasteiger partial charge < -0.3 is 33.9 Å². The summed E-state index contributed by atoms with van der Waals surface area (Å²) in [6, 6.07) is 18.9. The van der Waals surface area contributed by atoms with Crippen LogP contribution in [0.4, 0.5) is 0 Å². The first-order chi connectivity index (χ1) is 25.5. The zero-order chi connectivity index (χ0) is 38.1. The number of aromatic amines is 3. The molecule has 0 saturated heterocycles. The maximum Gasteiger partial charge on any atom is 0.355 e. The summed E-state index contributed by atoms with van der Waals surface area (Å²) in [5, 5.41) is 0. The van der Waals surface area contributed by atoms with Crippen LogP contribution in [-0.4, -0.2) is 53.0 Å². The fraction of sp³-hybridized carbons (Fsp3) is 0.333. The fourth-order valence-corrected chi connectivity index (χ4v) is 6.56. The Hall–Kier alpha value is -5.84. The van der Waals surface area contributed by atoms with Gasteiger partial charge in [-0.3, -0.25) is 9.59 Å². The number of carbonyl (C=O) groups is 4. The van der Waals surface area contributed by atoms with Gasteiger partial charge in [0.2, 0.25) is 0 Å². The average Bonchev–Trinajstić information content (AvgIpc) is 3.76. The molecule has 0 unspecified atom stereocenters. The number of hydrogen-bond donors (Lipinski definition) is 3. The number of esters is 4. The molecule has 53 heavy (non-hydrogen) atoms. The third-order valence-electron chi connectivity index (χ3n) is 9.86. The maximum atomic E-state index is 13.3. The van der Waals surface area contributed by atoms with E-state index in [0.717, 1.165) is 67.3 Å². The molecule has 0 atom stereocenters. The molecule has 278 valence electrons. The van der Waals surface area contributed by atoms with E-state index in [1.807, 2.05) is 88.4 Å². The van der Waals surface area contributed by atoms with Crippen molar-refractivity contribution in [2.45, 2.75) is 79.4 Å². The van der Waals surface area contributed by atoms with E-state index >= 15 is 0 Å². The molecule has 5 aromatic rings. The molecule has 0 radical (unpaired) electrons. The lowest BCUT2D eigenvalue weighted by Crippen LogP contribution is -2.07. The van der Waals surface area contributed by atoms with Crippen LogP contribution in [0.2, 0.25) is 0 Å². The highest BCUT2D eigenvalue weighted by Gasteiger charge is 2.25. The Balaban J connectivity index is 1.42. The second-order valence-corrected chi connectivity index (χ2v) is 13.1. The molecule has 2 aromatic carbocycles. The average molecular weight is 722 g/mol. The van der Waals surface area contributed by atoms with E-state index < -0.39 is 11.9 Å². The molecule has 0 saturated carbocycles. The van der Waals surface area contributed by atoms with E-state index in [9.17, 15) is 19.2 Å². The molecule has 11 nitrogen and oxygen atoms in total. The second kappa shape index (κ2) is 17.6. The molecule has 0 fully saturated rings. The van der Waals surface area contributed by atoms with Crippen molar-refractivity contribution in [1.29, 1.82) is 0 Å². The van der Waals surface area contributed by atoms with Gasteiger partial charge >= 0.3 is 23.9 Å². The van der Waals surface area contributed by atoms with Crippen LogP contribution in [-0.2, 0) is 67.4 Å². The van der Waals surface area contributed by atoms with Crippen molar-refractivity contribution in [3.63, 3.8) is 0 Å². The molecule has 0 spiro atoms. The first kappa shape index (κ1) is 38.4. The smallest absolute Gasteiger partial charge is 0.355 e. The Morgan fingerprint density at radius 1 is 0.509 bits per heavy atom. The van der Waals surface area contributed by atoms with E-state index in [-0.39, 0.29) is 38.0 Å². The van der Waals surface area contributed by atoms with Crippen LogP contribution in [0.3, 0.4) is 0 Å². The molecule has 3 N–H and O–H groups in total. The highest BCUT2D eigenvalue weighted by atomic mass is 16.5. The molecule has 0 aliphatic heterocycles. The molecule has 0 amide bonds. The molecule has 0 bridgehead atoms. The number of hydrogen-bond acceptors (Lipinski definition) is 8. The molecule has 3 aromatic heterocycles. The monoisotopic (exact) mass is 721 g/mol. The Labute approximate surface area is 309 Å². The number of rotatable bonds is 16. The molecule has 0 aliphatic carbocycles. The van der Waals surface area contributed by atoms with Gasteiger partial charge in [-0.25, -0.2) is 9.59 Å². The molecule has 11 heteroatoms. The van der Waals surface area contributed by atoms with Gasteiger partial charge in [-0.1, -0.05) is 60.7 Å². The van der Waals surface area contributed by atoms with Crippen molar-refractivity contribution in [3.8, 4) is 0 Å². The standard InChI is InChI=1S/C42H47N3O8/c1-25-26(2)34(22-36-32(18-20-38(47)51-6)28(4)40(45-36)42(49)53-24-30-15-11-8-12-16-30)43-33(25)21-35-31(17-19-37(46)50-5)27(3)39(44-35)41(48)52-23-29-13-9-7-10-14-29/h7-16,43-45H,17-24H2,1-6H3. The zero-order valence-electron chi connectivity index (χ0n) is 31.2. The first-order valence-electron chi connectivity index (χ1n) is 17.6. The van der Waals surface area contributed by atoms with E-state index in [0.29, 0.717) is 37.1 Å². The van der Waals surface area contributed by atoms with Crippen LogP contribution in [0, 0.1) is 27.7 Å². The van der Waals surface area contributed by atoms with E-state index in [2.05, 4.69) is 15.0 Å². The van der Waals surface area contributed by atoms with Crippen LogP contribution >= 0.6 is 0 Å². The summed E-state index contributed by atoms with van der Waals surface area (Å²) >= 11 is 0. The largest absolute Gasteiger partial charge is 0.469 e. The van der Waals surface area contributed by atoms with Gasteiger partial charge in [-0.15, -0.1) is 0 Å². The number of H-pyrrole nitrogens is 3. The summed E-state index contributed by atoms with van der Waals surface area (Å²) in [6.07, 6.45) is 1.96. The minimum atomic E-state index is -0.475. The number of ether oxygens (including phenoxy) is 4.